The van der Waals surface area contributed by atoms with E-state index in [9.17, 15) is 5.11 Å². The predicted molar refractivity (Wildman–Crippen MR) is 67.2 cm³/mol. The molecule has 2 heteroatoms. The van der Waals surface area contributed by atoms with E-state index in [4.69, 9.17) is 0 Å². The zero-order valence-corrected chi connectivity index (χ0v) is 9.81. The molecular weight excluding hydrogens is 198 g/mol. The zero-order valence-electron chi connectivity index (χ0n) is 9.81. The number of unbranched alkanes of at least 4 members (excludes halogenated alkanes) is 3. The van der Waals surface area contributed by atoms with E-state index in [-0.39, 0.29) is 6.10 Å². The van der Waals surface area contributed by atoms with Gasteiger partial charge >= 0.3 is 0 Å². The van der Waals surface area contributed by atoms with Crippen LogP contribution in [0.15, 0.2) is 37.1 Å². The van der Waals surface area contributed by atoms with Crippen LogP contribution < -0.4 is 0 Å². The van der Waals surface area contributed by atoms with Gasteiger partial charge in [-0.1, -0.05) is 25.0 Å². The van der Waals surface area contributed by atoms with Crippen LogP contribution in [0.3, 0.4) is 0 Å². The van der Waals surface area contributed by atoms with Crippen LogP contribution in [0.2, 0.25) is 0 Å². The molecule has 0 bridgehead atoms. The number of hydrogen-bond donors (Lipinski definition) is 1. The first-order chi connectivity index (χ1) is 7.83. The van der Waals surface area contributed by atoms with E-state index in [2.05, 4.69) is 11.6 Å². The van der Waals surface area contributed by atoms with Crippen LogP contribution in [0.4, 0.5) is 0 Å². The Labute approximate surface area is 98.0 Å². The minimum Gasteiger partial charge on any atom is -0.393 e. The van der Waals surface area contributed by atoms with E-state index in [0.717, 1.165) is 25.0 Å². The standard InChI is InChI=1S/C14H21NO/c1-2-3-4-5-6-10-14(16)12-13-9-7-8-11-15-13/h2,7-9,11,14,16H,1,3-6,10,12H2. The molecule has 0 radical (unpaired) electrons. The van der Waals surface area contributed by atoms with Gasteiger partial charge < -0.3 is 5.11 Å². The molecule has 0 fully saturated rings. The van der Waals surface area contributed by atoms with Crippen molar-refractivity contribution in [1.82, 2.24) is 4.98 Å². The molecule has 1 aromatic rings. The fourth-order valence-electron chi connectivity index (χ4n) is 1.71. The van der Waals surface area contributed by atoms with Crippen molar-refractivity contribution in [1.29, 1.82) is 0 Å². The van der Waals surface area contributed by atoms with Crippen LogP contribution in [0.1, 0.15) is 37.8 Å². The minimum atomic E-state index is -0.251. The normalized spacial score (nSPS) is 12.3. The highest BCUT2D eigenvalue weighted by Crippen LogP contribution is 2.09. The number of aromatic nitrogens is 1. The Balaban J connectivity index is 2.11. The fraction of sp³-hybridized carbons (Fsp3) is 0.500. The number of aliphatic hydroxyl groups excluding tert-OH is 1. The molecule has 0 amide bonds. The van der Waals surface area contributed by atoms with Crippen LogP contribution >= 0.6 is 0 Å². The zero-order chi connectivity index (χ0) is 11.6. The second-order valence-electron chi connectivity index (χ2n) is 4.11. The van der Waals surface area contributed by atoms with Crippen molar-refractivity contribution in [3.8, 4) is 0 Å². The average Bonchev–Trinajstić information content (AvgIpc) is 2.30. The summed E-state index contributed by atoms with van der Waals surface area (Å²) >= 11 is 0. The Bertz CT molecular complexity index is 284. The Morgan fingerprint density at radius 1 is 1.31 bits per heavy atom. The van der Waals surface area contributed by atoms with Gasteiger partial charge in [-0.15, -0.1) is 6.58 Å². The molecule has 0 aliphatic heterocycles. The molecule has 2 nitrogen and oxygen atoms in total. The first kappa shape index (κ1) is 12.9. The summed E-state index contributed by atoms with van der Waals surface area (Å²) in [6, 6.07) is 5.81. The van der Waals surface area contributed by atoms with E-state index in [1.807, 2.05) is 24.3 Å². The van der Waals surface area contributed by atoms with Crippen LogP contribution in [-0.4, -0.2) is 16.2 Å². The second-order valence-corrected chi connectivity index (χ2v) is 4.11. The molecule has 0 spiro atoms. The van der Waals surface area contributed by atoms with E-state index >= 15 is 0 Å². The summed E-state index contributed by atoms with van der Waals surface area (Å²) in [5, 5.41) is 9.80. The van der Waals surface area contributed by atoms with Gasteiger partial charge in [-0.25, -0.2) is 0 Å². The average molecular weight is 219 g/mol. The SMILES string of the molecule is C=CCCCCCC(O)Cc1ccccn1. The summed E-state index contributed by atoms with van der Waals surface area (Å²) in [5.74, 6) is 0. The maximum absolute atomic E-state index is 9.80. The molecule has 1 heterocycles. The number of aliphatic hydroxyl groups is 1. The number of pyridine rings is 1. The van der Waals surface area contributed by atoms with Gasteiger partial charge in [0.25, 0.3) is 0 Å². The van der Waals surface area contributed by atoms with Crippen LogP contribution in [0.5, 0.6) is 0 Å². The third-order valence-electron chi connectivity index (χ3n) is 2.62. The highest BCUT2D eigenvalue weighted by molar-refractivity contribution is 5.04. The van der Waals surface area contributed by atoms with Gasteiger partial charge in [0.2, 0.25) is 0 Å². The number of allylic oxidation sites excluding steroid dienone is 1. The van der Waals surface area contributed by atoms with Crippen molar-refractivity contribution < 1.29 is 5.11 Å². The topological polar surface area (TPSA) is 33.1 Å². The van der Waals surface area contributed by atoms with Gasteiger partial charge in [0.1, 0.15) is 0 Å². The minimum absolute atomic E-state index is 0.251. The van der Waals surface area contributed by atoms with E-state index in [0.29, 0.717) is 6.42 Å². The maximum Gasteiger partial charge on any atom is 0.0595 e. The van der Waals surface area contributed by atoms with E-state index < -0.39 is 0 Å². The van der Waals surface area contributed by atoms with E-state index in [1.165, 1.54) is 12.8 Å². The second kappa shape index (κ2) is 8.05. The van der Waals surface area contributed by atoms with E-state index in [1.54, 1.807) is 6.20 Å². The monoisotopic (exact) mass is 219 g/mol. The highest BCUT2D eigenvalue weighted by atomic mass is 16.3. The van der Waals surface area contributed by atoms with Gasteiger partial charge in [0.15, 0.2) is 0 Å². The van der Waals surface area contributed by atoms with Gasteiger partial charge in [0.05, 0.1) is 6.10 Å². The molecule has 1 rings (SSSR count). The summed E-state index contributed by atoms with van der Waals surface area (Å²) in [6.45, 7) is 3.69. The molecule has 0 aliphatic carbocycles. The largest absolute Gasteiger partial charge is 0.393 e. The fourth-order valence-corrected chi connectivity index (χ4v) is 1.71. The van der Waals surface area contributed by atoms with Gasteiger partial charge in [-0.2, -0.15) is 0 Å². The summed E-state index contributed by atoms with van der Waals surface area (Å²) in [6.07, 6.45) is 9.52. The lowest BCUT2D eigenvalue weighted by molar-refractivity contribution is 0.160. The smallest absolute Gasteiger partial charge is 0.0595 e. The van der Waals surface area contributed by atoms with Crippen molar-refractivity contribution in [2.45, 2.75) is 44.6 Å². The van der Waals surface area contributed by atoms with Crippen LogP contribution in [0.25, 0.3) is 0 Å². The summed E-state index contributed by atoms with van der Waals surface area (Å²) in [4.78, 5) is 4.20. The number of hydrogen-bond acceptors (Lipinski definition) is 2. The third kappa shape index (κ3) is 5.66. The lowest BCUT2D eigenvalue weighted by Crippen LogP contribution is -2.11. The van der Waals surface area contributed by atoms with Crippen LogP contribution in [-0.2, 0) is 6.42 Å². The van der Waals surface area contributed by atoms with Crippen molar-refractivity contribution >= 4 is 0 Å². The molecule has 88 valence electrons. The third-order valence-corrected chi connectivity index (χ3v) is 2.62. The summed E-state index contributed by atoms with van der Waals surface area (Å²) in [5.41, 5.74) is 0.973. The molecule has 0 saturated heterocycles. The van der Waals surface area contributed by atoms with Gasteiger partial charge in [-0.3, -0.25) is 4.98 Å². The number of rotatable bonds is 8. The first-order valence-corrected chi connectivity index (χ1v) is 6.02. The summed E-state index contributed by atoms with van der Waals surface area (Å²) in [7, 11) is 0. The molecule has 1 aromatic heterocycles. The quantitative estimate of drug-likeness (QED) is 0.538. The van der Waals surface area contributed by atoms with Gasteiger partial charge in [-0.05, 0) is 31.4 Å². The Hall–Kier alpha value is -1.15. The van der Waals surface area contributed by atoms with Crippen molar-refractivity contribution in [2.75, 3.05) is 0 Å². The molecule has 0 aliphatic rings. The maximum atomic E-state index is 9.80. The Morgan fingerprint density at radius 2 is 2.19 bits per heavy atom. The summed E-state index contributed by atoms with van der Waals surface area (Å²) < 4.78 is 0. The molecule has 0 saturated carbocycles. The lowest BCUT2D eigenvalue weighted by atomic mass is 10.1. The Kier molecular flexibility index (Phi) is 6.50. The number of nitrogens with zero attached hydrogens (tertiary/aromatic N) is 1. The molecule has 1 unspecified atom stereocenters. The van der Waals surface area contributed by atoms with Gasteiger partial charge in [0, 0.05) is 18.3 Å². The Morgan fingerprint density at radius 3 is 2.88 bits per heavy atom. The molecule has 1 atom stereocenters. The molecule has 16 heavy (non-hydrogen) atoms. The predicted octanol–water partition coefficient (Wildman–Crippen LogP) is 3.12. The van der Waals surface area contributed by atoms with Crippen LogP contribution in [0, 0.1) is 0 Å². The van der Waals surface area contributed by atoms with Crippen molar-refractivity contribution in [3.05, 3.63) is 42.7 Å². The van der Waals surface area contributed by atoms with Crippen molar-refractivity contribution in [2.24, 2.45) is 0 Å². The molecule has 1 N–H and O–H groups in total. The molecular formula is C14H21NO. The molecule has 0 aromatic carbocycles. The lowest BCUT2D eigenvalue weighted by Gasteiger charge is -2.09. The first-order valence-electron chi connectivity index (χ1n) is 6.02. The highest BCUT2D eigenvalue weighted by Gasteiger charge is 2.05. The van der Waals surface area contributed by atoms with Crippen molar-refractivity contribution in [3.63, 3.8) is 0 Å².